The monoisotopic (exact) mass is 283 g/mol. The Morgan fingerprint density at radius 2 is 2.25 bits per heavy atom. The van der Waals surface area contributed by atoms with Gasteiger partial charge in [0, 0.05) is 16.5 Å². The van der Waals surface area contributed by atoms with Crippen LogP contribution in [0.4, 0.5) is 0 Å². The van der Waals surface area contributed by atoms with E-state index in [0.29, 0.717) is 19.4 Å². The third-order valence-electron chi connectivity index (χ3n) is 2.17. The van der Waals surface area contributed by atoms with Gasteiger partial charge >= 0.3 is 0 Å². The minimum absolute atomic E-state index is 0.0478. The van der Waals surface area contributed by atoms with Gasteiger partial charge in [0.25, 0.3) is 0 Å². The zero-order chi connectivity index (χ0) is 12.0. The first-order valence-electron chi connectivity index (χ1n) is 5.08. The molecule has 0 aliphatic carbocycles. The van der Waals surface area contributed by atoms with Crippen molar-refractivity contribution < 1.29 is 9.84 Å². The van der Waals surface area contributed by atoms with E-state index in [0.717, 1.165) is 21.3 Å². The first-order chi connectivity index (χ1) is 7.69. The molecule has 1 N–H and O–H groups in total. The zero-order valence-corrected chi connectivity index (χ0v) is 10.7. The van der Waals surface area contributed by atoms with Gasteiger partial charge < -0.3 is 9.84 Å². The number of hydrogen-bond acceptors (Lipinski definition) is 3. The van der Waals surface area contributed by atoms with Gasteiger partial charge in [0.2, 0.25) is 0 Å². The summed E-state index contributed by atoms with van der Waals surface area (Å²) in [6.45, 7) is 2.39. The topological polar surface area (TPSA) is 53.2 Å². The van der Waals surface area contributed by atoms with Crippen LogP contribution in [0.15, 0.2) is 16.6 Å². The Kier molecular flexibility index (Phi) is 5.30. The van der Waals surface area contributed by atoms with E-state index in [9.17, 15) is 5.11 Å². The molecule has 1 aromatic rings. The summed E-state index contributed by atoms with van der Waals surface area (Å²) in [6.07, 6.45) is 1.20. The molecule has 86 valence electrons. The summed E-state index contributed by atoms with van der Waals surface area (Å²) in [5.41, 5.74) is 1.75. The molecule has 0 aromatic heterocycles. The number of aliphatic hydroxyl groups is 1. The minimum Gasteiger partial charge on any atom is -0.493 e. The molecule has 0 unspecified atom stereocenters. The van der Waals surface area contributed by atoms with E-state index in [1.807, 2.05) is 19.1 Å². The van der Waals surface area contributed by atoms with E-state index >= 15 is 0 Å². The van der Waals surface area contributed by atoms with Gasteiger partial charge in [0.1, 0.15) is 5.75 Å². The van der Waals surface area contributed by atoms with Crippen molar-refractivity contribution in [2.75, 3.05) is 6.61 Å². The van der Waals surface area contributed by atoms with Crippen molar-refractivity contribution in [2.45, 2.75) is 26.4 Å². The maximum absolute atomic E-state index is 9.22. The second-order valence-corrected chi connectivity index (χ2v) is 4.39. The zero-order valence-electron chi connectivity index (χ0n) is 9.16. The number of rotatable bonds is 5. The van der Waals surface area contributed by atoms with Crippen LogP contribution in [0, 0.1) is 18.3 Å². The molecular weight excluding hydrogens is 270 g/mol. The fourth-order valence-electron chi connectivity index (χ4n) is 1.45. The van der Waals surface area contributed by atoms with E-state index < -0.39 is 0 Å². The highest BCUT2D eigenvalue weighted by Crippen LogP contribution is 2.28. The van der Waals surface area contributed by atoms with Gasteiger partial charge in [-0.15, -0.1) is 0 Å². The van der Waals surface area contributed by atoms with Crippen molar-refractivity contribution in [3.63, 3.8) is 0 Å². The molecule has 3 nitrogen and oxygen atoms in total. The quantitative estimate of drug-likeness (QED) is 0.846. The number of ether oxygens (including phenoxy) is 1. The molecular formula is C12H14BrNO2. The Morgan fingerprint density at radius 1 is 1.50 bits per heavy atom. The standard InChI is InChI=1S/C12H14BrNO2/c1-9-6-11(13)7-10(8-15)12(9)16-5-3-2-4-14/h6-7,15H,2-3,5,8H2,1H3. The molecule has 0 aliphatic heterocycles. The third kappa shape index (κ3) is 3.51. The molecule has 0 heterocycles. The average Bonchev–Trinajstić information content (AvgIpc) is 2.26. The fourth-order valence-corrected chi connectivity index (χ4v) is 2.07. The first-order valence-corrected chi connectivity index (χ1v) is 5.88. The lowest BCUT2D eigenvalue weighted by Crippen LogP contribution is -2.02. The summed E-state index contributed by atoms with van der Waals surface area (Å²) in [5.74, 6) is 0.726. The molecule has 0 saturated heterocycles. The van der Waals surface area contributed by atoms with Crippen molar-refractivity contribution >= 4 is 15.9 Å². The van der Waals surface area contributed by atoms with Gasteiger partial charge in [-0.25, -0.2) is 0 Å². The Bertz CT molecular complexity index is 399. The maximum Gasteiger partial charge on any atom is 0.127 e. The highest BCUT2D eigenvalue weighted by atomic mass is 79.9. The minimum atomic E-state index is -0.0478. The Hall–Kier alpha value is -1.05. The van der Waals surface area contributed by atoms with Gasteiger partial charge in [-0.05, 0) is 31.0 Å². The molecule has 16 heavy (non-hydrogen) atoms. The molecule has 0 spiro atoms. The van der Waals surface area contributed by atoms with E-state index in [1.54, 1.807) is 0 Å². The van der Waals surface area contributed by atoms with Crippen LogP contribution in [0.1, 0.15) is 24.0 Å². The fraction of sp³-hybridized carbons (Fsp3) is 0.417. The number of nitriles is 1. The Morgan fingerprint density at radius 3 is 2.88 bits per heavy atom. The summed E-state index contributed by atoms with van der Waals surface area (Å²) < 4.78 is 6.51. The molecule has 0 bridgehead atoms. The van der Waals surface area contributed by atoms with Crippen LogP contribution in [-0.2, 0) is 6.61 Å². The lowest BCUT2D eigenvalue weighted by molar-refractivity contribution is 0.261. The van der Waals surface area contributed by atoms with Gasteiger partial charge in [0.05, 0.1) is 19.3 Å². The van der Waals surface area contributed by atoms with E-state index in [4.69, 9.17) is 10.00 Å². The summed E-state index contributed by atoms with van der Waals surface area (Å²) in [4.78, 5) is 0. The molecule has 0 atom stereocenters. The van der Waals surface area contributed by atoms with E-state index in [-0.39, 0.29) is 6.61 Å². The van der Waals surface area contributed by atoms with Crippen LogP contribution in [0.5, 0.6) is 5.75 Å². The lowest BCUT2D eigenvalue weighted by atomic mass is 10.1. The van der Waals surface area contributed by atoms with Crippen molar-refractivity contribution in [1.82, 2.24) is 0 Å². The number of hydrogen-bond donors (Lipinski definition) is 1. The van der Waals surface area contributed by atoms with E-state index in [1.165, 1.54) is 0 Å². The van der Waals surface area contributed by atoms with Crippen LogP contribution < -0.4 is 4.74 Å². The molecule has 0 saturated carbocycles. The number of unbranched alkanes of at least 4 members (excludes halogenated alkanes) is 1. The molecule has 0 amide bonds. The maximum atomic E-state index is 9.22. The number of aliphatic hydroxyl groups excluding tert-OH is 1. The number of benzene rings is 1. The van der Waals surface area contributed by atoms with Crippen molar-refractivity contribution in [1.29, 1.82) is 5.26 Å². The number of nitrogens with zero attached hydrogens (tertiary/aromatic N) is 1. The van der Waals surface area contributed by atoms with Gasteiger partial charge in [-0.3, -0.25) is 0 Å². The van der Waals surface area contributed by atoms with E-state index in [2.05, 4.69) is 22.0 Å². The van der Waals surface area contributed by atoms with Gasteiger partial charge in [-0.1, -0.05) is 15.9 Å². The van der Waals surface area contributed by atoms with Crippen LogP contribution >= 0.6 is 15.9 Å². The molecule has 1 rings (SSSR count). The Balaban J connectivity index is 2.74. The second kappa shape index (κ2) is 6.51. The van der Waals surface area contributed by atoms with Crippen LogP contribution in [-0.4, -0.2) is 11.7 Å². The summed E-state index contributed by atoms with van der Waals surface area (Å²) in [7, 11) is 0. The number of aryl methyl sites for hydroxylation is 1. The second-order valence-electron chi connectivity index (χ2n) is 3.48. The molecule has 0 aliphatic rings. The van der Waals surface area contributed by atoms with Crippen molar-refractivity contribution in [3.05, 3.63) is 27.7 Å². The third-order valence-corrected chi connectivity index (χ3v) is 2.62. The normalized spacial score (nSPS) is 9.88. The highest BCUT2D eigenvalue weighted by Gasteiger charge is 2.08. The summed E-state index contributed by atoms with van der Waals surface area (Å²) in [6, 6.07) is 5.85. The van der Waals surface area contributed by atoms with Crippen LogP contribution in [0.2, 0.25) is 0 Å². The molecule has 0 fully saturated rings. The van der Waals surface area contributed by atoms with Gasteiger partial charge in [0.15, 0.2) is 0 Å². The van der Waals surface area contributed by atoms with Gasteiger partial charge in [-0.2, -0.15) is 5.26 Å². The SMILES string of the molecule is Cc1cc(Br)cc(CO)c1OCCCC#N. The molecule has 4 heteroatoms. The largest absolute Gasteiger partial charge is 0.493 e. The average molecular weight is 284 g/mol. The summed E-state index contributed by atoms with van der Waals surface area (Å²) >= 11 is 3.37. The number of halogens is 1. The lowest BCUT2D eigenvalue weighted by Gasteiger charge is -2.13. The smallest absolute Gasteiger partial charge is 0.127 e. The highest BCUT2D eigenvalue weighted by molar-refractivity contribution is 9.10. The predicted octanol–water partition coefficient (Wildman–Crippen LogP) is 2.93. The Labute approximate surface area is 104 Å². The van der Waals surface area contributed by atoms with Crippen LogP contribution in [0.3, 0.4) is 0 Å². The van der Waals surface area contributed by atoms with Crippen LogP contribution in [0.25, 0.3) is 0 Å². The van der Waals surface area contributed by atoms with Crippen molar-refractivity contribution in [2.24, 2.45) is 0 Å². The predicted molar refractivity (Wildman–Crippen MR) is 65.1 cm³/mol. The first kappa shape index (κ1) is 13.0. The van der Waals surface area contributed by atoms with Crippen molar-refractivity contribution in [3.8, 4) is 11.8 Å². The summed E-state index contributed by atoms with van der Waals surface area (Å²) in [5, 5.41) is 17.6. The molecule has 1 aromatic carbocycles. The molecule has 0 radical (unpaired) electrons.